The summed E-state index contributed by atoms with van der Waals surface area (Å²) in [5, 5.41) is 0. The average Bonchev–Trinajstić information content (AvgIpc) is 2.50. The highest BCUT2D eigenvalue weighted by molar-refractivity contribution is 5.97. The summed E-state index contributed by atoms with van der Waals surface area (Å²) in [5.41, 5.74) is 2.02. The molecule has 0 aliphatic carbocycles. The zero-order valence-corrected chi connectivity index (χ0v) is 12.7. The van der Waals surface area contributed by atoms with E-state index in [1.54, 1.807) is 11.8 Å². The Labute approximate surface area is 126 Å². The normalized spacial score (nSPS) is 11.8. The van der Waals surface area contributed by atoms with E-state index in [4.69, 9.17) is 4.74 Å². The standard InChI is InChI=1S/C18H21NO2/c1-4-19(17-13-9-8-10-14(17)2)18(20)15(3)21-16-11-6-5-7-12-16/h5-13,15H,4H2,1-3H3. The van der Waals surface area contributed by atoms with Crippen molar-refractivity contribution in [2.45, 2.75) is 26.9 Å². The maximum absolute atomic E-state index is 12.6. The third kappa shape index (κ3) is 3.63. The van der Waals surface area contributed by atoms with Gasteiger partial charge in [0.05, 0.1) is 0 Å². The van der Waals surface area contributed by atoms with Crippen LogP contribution in [0.15, 0.2) is 54.6 Å². The smallest absolute Gasteiger partial charge is 0.267 e. The molecule has 0 fully saturated rings. The van der Waals surface area contributed by atoms with Gasteiger partial charge in [-0.05, 0) is 44.5 Å². The van der Waals surface area contributed by atoms with Crippen molar-refractivity contribution in [1.29, 1.82) is 0 Å². The summed E-state index contributed by atoms with van der Waals surface area (Å²) < 4.78 is 5.73. The molecule has 3 heteroatoms. The highest BCUT2D eigenvalue weighted by atomic mass is 16.5. The molecular formula is C18H21NO2. The van der Waals surface area contributed by atoms with Gasteiger partial charge < -0.3 is 9.64 Å². The van der Waals surface area contributed by atoms with E-state index >= 15 is 0 Å². The molecule has 2 aromatic rings. The Kier molecular flexibility index (Phi) is 4.99. The molecule has 1 unspecified atom stereocenters. The topological polar surface area (TPSA) is 29.5 Å². The van der Waals surface area contributed by atoms with Crippen LogP contribution < -0.4 is 9.64 Å². The van der Waals surface area contributed by atoms with Crippen LogP contribution in [0.1, 0.15) is 19.4 Å². The van der Waals surface area contributed by atoms with Gasteiger partial charge in [-0.3, -0.25) is 4.79 Å². The lowest BCUT2D eigenvalue weighted by atomic mass is 10.1. The van der Waals surface area contributed by atoms with Gasteiger partial charge in [0.15, 0.2) is 6.10 Å². The van der Waals surface area contributed by atoms with Crippen molar-refractivity contribution >= 4 is 11.6 Å². The van der Waals surface area contributed by atoms with Crippen LogP contribution in [0.3, 0.4) is 0 Å². The zero-order chi connectivity index (χ0) is 15.2. The van der Waals surface area contributed by atoms with Crippen molar-refractivity contribution in [3.05, 3.63) is 60.2 Å². The summed E-state index contributed by atoms with van der Waals surface area (Å²) in [6.07, 6.45) is -0.521. The molecule has 0 spiro atoms. The van der Waals surface area contributed by atoms with Crippen LogP contribution in [-0.4, -0.2) is 18.6 Å². The predicted molar refractivity (Wildman–Crippen MR) is 85.7 cm³/mol. The van der Waals surface area contributed by atoms with Crippen molar-refractivity contribution < 1.29 is 9.53 Å². The number of likely N-dealkylation sites (N-methyl/N-ethyl adjacent to an activating group) is 1. The van der Waals surface area contributed by atoms with E-state index in [0.29, 0.717) is 12.3 Å². The first-order chi connectivity index (χ1) is 10.1. The molecule has 0 heterocycles. The third-order valence-electron chi connectivity index (χ3n) is 3.39. The van der Waals surface area contributed by atoms with E-state index in [0.717, 1.165) is 11.3 Å². The maximum Gasteiger partial charge on any atom is 0.267 e. The molecule has 0 bridgehead atoms. The van der Waals surface area contributed by atoms with Crippen LogP contribution in [0.5, 0.6) is 5.75 Å². The number of para-hydroxylation sites is 2. The van der Waals surface area contributed by atoms with Crippen molar-refractivity contribution in [1.82, 2.24) is 0 Å². The van der Waals surface area contributed by atoms with Gasteiger partial charge in [-0.2, -0.15) is 0 Å². The van der Waals surface area contributed by atoms with Crippen LogP contribution in [0.25, 0.3) is 0 Å². The van der Waals surface area contributed by atoms with Gasteiger partial charge in [0, 0.05) is 12.2 Å². The van der Waals surface area contributed by atoms with Gasteiger partial charge in [-0.1, -0.05) is 36.4 Å². The van der Waals surface area contributed by atoms with Crippen LogP contribution >= 0.6 is 0 Å². The van der Waals surface area contributed by atoms with Gasteiger partial charge in [0.1, 0.15) is 5.75 Å². The van der Waals surface area contributed by atoms with Gasteiger partial charge in [-0.25, -0.2) is 0 Å². The Balaban J connectivity index is 2.15. The number of carbonyl (C=O) groups is 1. The van der Waals surface area contributed by atoms with Crippen LogP contribution in [0, 0.1) is 6.92 Å². The maximum atomic E-state index is 12.6. The van der Waals surface area contributed by atoms with Crippen molar-refractivity contribution in [2.24, 2.45) is 0 Å². The van der Waals surface area contributed by atoms with Crippen LogP contribution in [-0.2, 0) is 4.79 Å². The number of ether oxygens (including phenoxy) is 1. The molecule has 2 aromatic carbocycles. The Morgan fingerprint density at radius 2 is 1.71 bits per heavy atom. The lowest BCUT2D eigenvalue weighted by Crippen LogP contribution is -2.40. The number of carbonyl (C=O) groups excluding carboxylic acids is 1. The number of hydrogen-bond donors (Lipinski definition) is 0. The highest BCUT2D eigenvalue weighted by Gasteiger charge is 2.23. The van der Waals surface area contributed by atoms with Gasteiger partial charge in [0.2, 0.25) is 0 Å². The number of nitrogens with zero attached hydrogens (tertiary/aromatic N) is 1. The average molecular weight is 283 g/mol. The van der Waals surface area contributed by atoms with Gasteiger partial charge in [0.25, 0.3) is 5.91 Å². The molecule has 1 amide bonds. The van der Waals surface area contributed by atoms with Gasteiger partial charge in [-0.15, -0.1) is 0 Å². The second-order valence-electron chi connectivity index (χ2n) is 4.94. The molecule has 0 aliphatic rings. The lowest BCUT2D eigenvalue weighted by Gasteiger charge is -2.26. The zero-order valence-electron chi connectivity index (χ0n) is 12.7. The monoisotopic (exact) mass is 283 g/mol. The first-order valence-corrected chi connectivity index (χ1v) is 7.22. The van der Waals surface area contributed by atoms with Crippen molar-refractivity contribution in [3.63, 3.8) is 0 Å². The molecule has 0 N–H and O–H groups in total. The van der Waals surface area contributed by atoms with E-state index < -0.39 is 6.10 Å². The van der Waals surface area contributed by atoms with E-state index in [1.807, 2.05) is 68.4 Å². The van der Waals surface area contributed by atoms with Crippen molar-refractivity contribution in [3.8, 4) is 5.75 Å². The molecule has 0 saturated heterocycles. The Hall–Kier alpha value is -2.29. The fourth-order valence-corrected chi connectivity index (χ4v) is 2.28. The number of rotatable bonds is 5. The SMILES string of the molecule is CCN(C(=O)C(C)Oc1ccccc1)c1ccccc1C. The minimum absolute atomic E-state index is 0.0318. The molecule has 110 valence electrons. The molecule has 1 atom stereocenters. The lowest BCUT2D eigenvalue weighted by molar-refractivity contribution is -0.124. The molecule has 0 radical (unpaired) electrons. The van der Waals surface area contributed by atoms with Crippen LogP contribution in [0.4, 0.5) is 5.69 Å². The molecule has 2 rings (SSSR count). The van der Waals surface area contributed by atoms with E-state index in [9.17, 15) is 4.79 Å². The Bertz CT molecular complexity index is 595. The first kappa shape index (κ1) is 15.1. The van der Waals surface area contributed by atoms with E-state index in [-0.39, 0.29) is 5.91 Å². The summed E-state index contributed by atoms with van der Waals surface area (Å²) in [6.45, 7) is 6.38. The second-order valence-corrected chi connectivity index (χ2v) is 4.94. The summed E-state index contributed by atoms with van der Waals surface area (Å²) in [4.78, 5) is 14.4. The summed E-state index contributed by atoms with van der Waals surface area (Å²) in [5.74, 6) is 0.676. The molecule has 3 nitrogen and oxygen atoms in total. The minimum Gasteiger partial charge on any atom is -0.481 e. The summed E-state index contributed by atoms with van der Waals surface area (Å²) in [6, 6.07) is 17.3. The molecular weight excluding hydrogens is 262 g/mol. The van der Waals surface area contributed by atoms with E-state index in [2.05, 4.69) is 0 Å². The largest absolute Gasteiger partial charge is 0.481 e. The number of anilines is 1. The quantitative estimate of drug-likeness (QED) is 0.835. The van der Waals surface area contributed by atoms with E-state index in [1.165, 1.54) is 0 Å². The number of amides is 1. The fourth-order valence-electron chi connectivity index (χ4n) is 2.28. The Morgan fingerprint density at radius 1 is 1.10 bits per heavy atom. The summed E-state index contributed by atoms with van der Waals surface area (Å²) in [7, 11) is 0. The molecule has 0 aliphatic heterocycles. The molecule has 0 aromatic heterocycles. The minimum atomic E-state index is -0.521. The number of aryl methyl sites for hydroxylation is 1. The van der Waals surface area contributed by atoms with Crippen molar-refractivity contribution in [2.75, 3.05) is 11.4 Å². The van der Waals surface area contributed by atoms with Gasteiger partial charge >= 0.3 is 0 Å². The van der Waals surface area contributed by atoms with Crippen LogP contribution in [0.2, 0.25) is 0 Å². The highest BCUT2D eigenvalue weighted by Crippen LogP contribution is 2.21. The third-order valence-corrected chi connectivity index (χ3v) is 3.39. The molecule has 21 heavy (non-hydrogen) atoms. The molecule has 0 saturated carbocycles. The number of hydrogen-bond acceptors (Lipinski definition) is 2. The predicted octanol–water partition coefficient (Wildman–Crippen LogP) is 3.82. The summed E-state index contributed by atoms with van der Waals surface area (Å²) >= 11 is 0. The fraction of sp³-hybridized carbons (Fsp3) is 0.278. The first-order valence-electron chi connectivity index (χ1n) is 7.22. The number of benzene rings is 2. The second kappa shape index (κ2) is 6.93. The Morgan fingerprint density at radius 3 is 2.33 bits per heavy atom.